The lowest BCUT2D eigenvalue weighted by atomic mass is 10.2. The molecule has 0 atom stereocenters. The summed E-state index contributed by atoms with van der Waals surface area (Å²) in [5, 5.41) is 3.98. The zero-order valence-electron chi connectivity index (χ0n) is 9.84. The van der Waals surface area contributed by atoms with Gasteiger partial charge in [0.25, 0.3) is 0 Å². The lowest BCUT2D eigenvalue weighted by Crippen LogP contribution is -2.00. The number of aryl methyl sites for hydroxylation is 1. The van der Waals surface area contributed by atoms with E-state index in [2.05, 4.69) is 15.3 Å². The first-order valence-electron chi connectivity index (χ1n) is 5.58. The number of aromatic nitrogens is 2. The summed E-state index contributed by atoms with van der Waals surface area (Å²) < 4.78 is 1.14. The van der Waals surface area contributed by atoms with Crippen molar-refractivity contribution < 1.29 is 0 Å². The van der Waals surface area contributed by atoms with Crippen molar-refractivity contribution in [1.29, 1.82) is 0 Å². The fraction of sp³-hybridized carbons (Fsp3) is 0.0769. The van der Waals surface area contributed by atoms with Gasteiger partial charge < -0.3 is 11.1 Å². The lowest BCUT2D eigenvalue weighted by Gasteiger charge is -2.06. The Bertz CT molecular complexity index is 672. The molecular weight excluding hydrogens is 244 g/mol. The number of nitrogens with one attached hydrogen (secondary N) is 1. The number of anilines is 3. The van der Waals surface area contributed by atoms with Crippen molar-refractivity contribution in [3.05, 3.63) is 42.1 Å². The van der Waals surface area contributed by atoms with Crippen LogP contribution in [0.3, 0.4) is 0 Å². The van der Waals surface area contributed by atoms with Crippen LogP contribution in [0.2, 0.25) is 0 Å². The quantitative estimate of drug-likeness (QED) is 0.738. The molecule has 90 valence electrons. The molecule has 0 aliphatic carbocycles. The van der Waals surface area contributed by atoms with E-state index >= 15 is 0 Å². The van der Waals surface area contributed by atoms with Crippen molar-refractivity contribution in [2.45, 2.75) is 6.92 Å². The summed E-state index contributed by atoms with van der Waals surface area (Å²) in [5.74, 6) is 0.661. The molecule has 0 unspecified atom stereocenters. The molecule has 2 aromatic heterocycles. The highest BCUT2D eigenvalue weighted by Gasteiger charge is 2.07. The minimum absolute atomic E-state index is 0.661. The predicted octanol–water partition coefficient (Wildman–Crippen LogP) is 3.33. The maximum Gasteiger partial charge on any atom is 0.189 e. The second kappa shape index (κ2) is 4.27. The molecule has 0 saturated heterocycles. The summed E-state index contributed by atoms with van der Waals surface area (Å²) in [6.07, 6.45) is 1.74. The van der Waals surface area contributed by atoms with Crippen LogP contribution in [-0.4, -0.2) is 9.97 Å². The molecule has 0 aliphatic rings. The number of nitrogens with zero attached hydrogens (tertiary/aromatic N) is 2. The van der Waals surface area contributed by atoms with Crippen LogP contribution in [0, 0.1) is 6.92 Å². The molecule has 5 heteroatoms. The van der Waals surface area contributed by atoms with Crippen molar-refractivity contribution >= 4 is 38.2 Å². The van der Waals surface area contributed by atoms with E-state index in [1.165, 1.54) is 0 Å². The summed E-state index contributed by atoms with van der Waals surface area (Å²) in [6, 6.07) is 9.91. The Morgan fingerprint density at radius 1 is 1.22 bits per heavy atom. The number of para-hydroxylation sites is 1. The Balaban J connectivity index is 1.99. The van der Waals surface area contributed by atoms with Crippen LogP contribution < -0.4 is 11.1 Å². The number of thiazole rings is 1. The van der Waals surface area contributed by atoms with Crippen LogP contribution in [0.25, 0.3) is 10.2 Å². The van der Waals surface area contributed by atoms with Crippen LogP contribution in [0.1, 0.15) is 5.56 Å². The van der Waals surface area contributed by atoms with Crippen molar-refractivity contribution in [3.63, 3.8) is 0 Å². The van der Waals surface area contributed by atoms with Gasteiger partial charge in [-0.3, -0.25) is 0 Å². The van der Waals surface area contributed by atoms with E-state index in [1.807, 2.05) is 37.3 Å². The molecule has 3 aromatic rings. The number of hydrogen-bond acceptors (Lipinski definition) is 5. The molecule has 3 N–H and O–H groups in total. The highest BCUT2D eigenvalue weighted by Crippen LogP contribution is 2.29. The number of rotatable bonds is 2. The van der Waals surface area contributed by atoms with Crippen molar-refractivity contribution in [3.8, 4) is 0 Å². The van der Waals surface area contributed by atoms with Crippen LogP contribution in [-0.2, 0) is 0 Å². The van der Waals surface area contributed by atoms with Gasteiger partial charge in [0.05, 0.1) is 15.9 Å². The Morgan fingerprint density at radius 3 is 2.89 bits per heavy atom. The van der Waals surface area contributed by atoms with Crippen molar-refractivity contribution in [1.82, 2.24) is 9.97 Å². The van der Waals surface area contributed by atoms with E-state index in [-0.39, 0.29) is 0 Å². The Morgan fingerprint density at radius 2 is 2.06 bits per heavy atom. The third kappa shape index (κ3) is 1.89. The van der Waals surface area contributed by atoms with Gasteiger partial charge in [-0.25, -0.2) is 9.97 Å². The summed E-state index contributed by atoms with van der Waals surface area (Å²) in [6.45, 7) is 1.96. The molecule has 2 heterocycles. The zero-order valence-corrected chi connectivity index (χ0v) is 10.7. The van der Waals surface area contributed by atoms with Gasteiger partial charge in [0, 0.05) is 6.20 Å². The molecule has 0 spiro atoms. The molecule has 0 amide bonds. The molecule has 0 bridgehead atoms. The molecule has 0 radical (unpaired) electrons. The minimum atomic E-state index is 0.661. The molecule has 1 aromatic carbocycles. The Hall–Kier alpha value is -2.14. The Labute approximate surface area is 109 Å². The van der Waals surface area contributed by atoms with E-state index in [4.69, 9.17) is 5.73 Å². The molecule has 0 aliphatic heterocycles. The predicted molar refractivity (Wildman–Crippen MR) is 76.3 cm³/mol. The largest absolute Gasteiger partial charge is 0.396 e. The maximum atomic E-state index is 5.98. The fourth-order valence-electron chi connectivity index (χ4n) is 1.70. The average Bonchev–Trinajstić information content (AvgIpc) is 2.77. The molecular formula is C13H12N4S. The van der Waals surface area contributed by atoms with Gasteiger partial charge in [0.2, 0.25) is 0 Å². The first kappa shape index (κ1) is 11.0. The van der Waals surface area contributed by atoms with Gasteiger partial charge in [-0.2, -0.15) is 0 Å². The molecule has 4 nitrogen and oxygen atoms in total. The maximum absolute atomic E-state index is 5.98. The van der Waals surface area contributed by atoms with Gasteiger partial charge in [0.1, 0.15) is 0 Å². The van der Waals surface area contributed by atoms with Gasteiger partial charge in [-0.15, -0.1) is 0 Å². The lowest BCUT2D eigenvalue weighted by molar-refractivity contribution is 1.27. The Kier molecular flexibility index (Phi) is 2.60. The number of nitrogen functional groups attached to an aromatic ring is 1. The highest BCUT2D eigenvalue weighted by molar-refractivity contribution is 7.22. The number of benzene rings is 1. The standard InChI is InChI=1S/C13H12N4S/c1-8-6-7-15-12(11(8)14)17-13-16-9-4-2-3-5-10(9)18-13/h2-7H,14H2,1H3,(H,15,16,17). The van der Waals surface area contributed by atoms with Crippen LogP contribution in [0.4, 0.5) is 16.6 Å². The van der Waals surface area contributed by atoms with E-state index in [0.29, 0.717) is 11.5 Å². The fourth-order valence-corrected chi connectivity index (χ4v) is 2.56. The van der Waals surface area contributed by atoms with E-state index < -0.39 is 0 Å². The smallest absolute Gasteiger partial charge is 0.189 e. The zero-order chi connectivity index (χ0) is 12.5. The van der Waals surface area contributed by atoms with Crippen LogP contribution in [0.15, 0.2) is 36.5 Å². The molecule has 3 rings (SSSR count). The van der Waals surface area contributed by atoms with Gasteiger partial charge >= 0.3 is 0 Å². The van der Waals surface area contributed by atoms with Crippen LogP contribution in [0.5, 0.6) is 0 Å². The monoisotopic (exact) mass is 256 g/mol. The topological polar surface area (TPSA) is 63.8 Å². The minimum Gasteiger partial charge on any atom is -0.396 e. The van der Waals surface area contributed by atoms with E-state index in [0.717, 1.165) is 20.9 Å². The molecule has 0 fully saturated rings. The number of hydrogen-bond donors (Lipinski definition) is 2. The first-order chi connectivity index (χ1) is 8.74. The second-order valence-corrected chi connectivity index (χ2v) is 5.03. The highest BCUT2D eigenvalue weighted by atomic mass is 32.1. The average molecular weight is 256 g/mol. The summed E-state index contributed by atoms with van der Waals surface area (Å²) in [4.78, 5) is 8.73. The molecule has 18 heavy (non-hydrogen) atoms. The summed E-state index contributed by atoms with van der Waals surface area (Å²) in [5.41, 5.74) is 8.63. The number of pyridine rings is 1. The van der Waals surface area contributed by atoms with Gasteiger partial charge in [0.15, 0.2) is 10.9 Å². The number of fused-ring (bicyclic) bond motifs is 1. The summed E-state index contributed by atoms with van der Waals surface area (Å²) >= 11 is 1.59. The van der Waals surface area contributed by atoms with E-state index in [1.54, 1.807) is 17.5 Å². The summed E-state index contributed by atoms with van der Waals surface area (Å²) in [7, 11) is 0. The molecule has 0 saturated carbocycles. The van der Waals surface area contributed by atoms with Crippen molar-refractivity contribution in [2.24, 2.45) is 0 Å². The van der Waals surface area contributed by atoms with Crippen molar-refractivity contribution in [2.75, 3.05) is 11.1 Å². The first-order valence-corrected chi connectivity index (χ1v) is 6.39. The third-order valence-corrected chi connectivity index (χ3v) is 3.68. The van der Waals surface area contributed by atoms with Crippen LogP contribution >= 0.6 is 11.3 Å². The van der Waals surface area contributed by atoms with Gasteiger partial charge in [-0.05, 0) is 30.7 Å². The number of nitrogens with two attached hydrogens (primary N) is 1. The van der Waals surface area contributed by atoms with Gasteiger partial charge in [-0.1, -0.05) is 23.5 Å². The van der Waals surface area contributed by atoms with E-state index in [9.17, 15) is 0 Å². The second-order valence-electron chi connectivity index (χ2n) is 4.00. The SMILES string of the molecule is Cc1ccnc(Nc2nc3ccccc3s2)c1N. The normalized spacial score (nSPS) is 10.7. The third-order valence-electron chi connectivity index (χ3n) is 2.73.